The highest BCUT2D eigenvalue weighted by molar-refractivity contribution is 6.30. The Kier molecular flexibility index (Phi) is 4.40. The van der Waals surface area contributed by atoms with Gasteiger partial charge in [-0.15, -0.1) is 0 Å². The molecule has 0 aliphatic carbocycles. The fourth-order valence-electron chi connectivity index (χ4n) is 1.84. The summed E-state index contributed by atoms with van der Waals surface area (Å²) < 4.78 is 19.2. The molecule has 0 spiro atoms. The van der Waals surface area contributed by atoms with Gasteiger partial charge in [-0.1, -0.05) is 11.6 Å². The van der Waals surface area contributed by atoms with Crippen molar-refractivity contribution in [3.63, 3.8) is 0 Å². The molecule has 19 heavy (non-hydrogen) atoms. The van der Waals surface area contributed by atoms with Gasteiger partial charge in [-0.05, 0) is 61.3 Å². The summed E-state index contributed by atoms with van der Waals surface area (Å²) in [6.45, 7) is 2.37. The summed E-state index contributed by atoms with van der Waals surface area (Å²) >= 11 is 5.88. The zero-order valence-corrected chi connectivity index (χ0v) is 11.4. The van der Waals surface area contributed by atoms with E-state index in [0.29, 0.717) is 29.5 Å². The molecule has 100 valence electrons. The summed E-state index contributed by atoms with van der Waals surface area (Å²) in [5.41, 5.74) is 7.20. The fraction of sp³-hybridized carbons (Fsp3) is 0.200. The number of halogens is 2. The van der Waals surface area contributed by atoms with Crippen LogP contribution in [0, 0.1) is 12.7 Å². The van der Waals surface area contributed by atoms with Gasteiger partial charge in [-0.2, -0.15) is 0 Å². The van der Waals surface area contributed by atoms with E-state index in [1.54, 1.807) is 24.3 Å². The van der Waals surface area contributed by atoms with Crippen LogP contribution >= 0.6 is 11.6 Å². The minimum atomic E-state index is -0.326. The Labute approximate surface area is 117 Å². The monoisotopic (exact) mass is 279 g/mol. The Morgan fingerprint density at radius 1 is 1.21 bits per heavy atom. The van der Waals surface area contributed by atoms with E-state index >= 15 is 0 Å². The van der Waals surface area contributed by atoms with Crippen molar-refractivity contribution in [1.29, 1.82) is 0 Å². The van der Waals surface area contributed by atoms with Crippen molar-refractivity contribution in [2.75, 3.05) is 6.54 Å². The van der Waals surface area contributed by atoms with Gasteiger partial charge in [0.05, 0.1) is 0 Å². The molecule has 2 N–H and O–H groups in total. The molecule has 4 heteroatoms. The molecular formula is C15H15ClFNO. The van der Waals surface area contributed by atoms with Gasteiger partial charge in [-0.3, -0.25) is 0 Å². The maximum absolute atomic E-state index is 13.5. The lowest BCUT2D eigenvalue weighted by Crippen LogP contribution is -2.03. The highest BCUT2D eigenvalue weighted by Gasteiger charge is 2.05. The second-order valence-electron chi connectivity index (χ2n) is 4.35. The molecule has 0 bridgehead atoms. The Morgan fingerprint density at radius 2 is 2.00 bits per heavy atom. The standard InChI is InChI=1S/C15H15ClFNO/c1-10-6-12(16)2-3-15(10)19-14-8-11(4-5-18)7-13(17)9-14/h2-3,6-9H,4-5,18H2,1H3. The summed E-state index contributed by atoms with van der Waals surface area (Å²) in [7, 11) is 0. The Balaban J connectivity index is 2.27. The number of benzene rings is 2. The van der Waals surface area contributed by atoms with Crippen LogP contribution in [0.3, 0.4) is 0 Å². The highest BCUT2D eigenvalue weighted by atomic mass is 35.5. The maximum Gasteiger partial charge on any atom is 0.130 e. The van der Waals surface area contributed by atoms with Crippen LogP contribution in [-0.4, -0.2) is 6.54 Å². The predicted molar refractivity (Wildman–Crippen MR) is 75.4 cm³/mol. The summed E-state index contributed by atoms with van der Waals surface area (Å²) in [4.78, 5) is 0. The number of hydrogen-bond acceptors (Lipinski definition) is 2. The van der Waals surface area contributed by atoms with Gasteiger partial charge in [0.2, 0.25) is 0 Å². The van der Waals surface area contributed by atoms with Crippen LogP contribution in [0.1, 0.15) is 11.1 Å². The largest absolute Gasteiger partial charge is 0.457 e. The first-order valence-corrected chi connectivity index (χ1v) is 6.40. The minimum Gasteiger partial charge on any atom is -0.457 e. The van der Waals surface area contributed by atoms with E-state index in [1.807, 2.05) is 6.92 Å². The van der Waals surface area contributed by atoms with Gasteiger partial charge >= 0.3 is 0 Å². The quantitative estimate of drug-likeness (QED) is 0.915. The van der Waals surface area contributed by atoms with Crippen LogP contribution < -0.4 is 10.5 Å². The normalized spacial score (nSPS) is 10.5. The van der Waals surface area contributed by atoms with Gasteiger partial charge in [0.1, 0.15) is 17.3 Å². The average molecular weight is 280 g/mol. The average Bonchev–Trinajstić information content (AvgIpc) is 2.32. The lowest BCUT2D eigenvalue weighted by Gasteiger charge is -2.10. The fourth-order valence-corrected chi connectivity index (χ4v) is 2.07. The first-order chi connectivity index (χ1) is 9.08. The van der Waals surface area contributed by atoms with Crippen molar-refractivity contribution in [2.24, 2.45) is 5.73 Å². The van der Waals surface area contributed by atoms with Crippen LogP contribution in [0.2, 0.25) is 5.02 Å². The van der Waals surface area contributed by atoms with Gasteiger partial charge in [0.15, 0.2) is 0 Å². The topological polar surface area (TPSA) is 35.2 Å². The Hall–Kier alpha value is -1.58. The summed E-state index contributed by atoms with van der Waals surface area (Å²) in [6, 6.07) is 9.93. The smallest absolute Gasteiger partial charge is 0.130 e. The van der Waals surface area contributed by atoms with E-state index in [-0.39, 0.29) is 5.82 Å². The molecule has 0 radical (unpaired) electrons. The van der Waals surface area contributed by atoms with Crippen LogP contribution in [0.25, 0.3) is 0 Å². The zero-order valence-electron chi connectivity index (χ0n) is 10.6. The summed E-state index contributed by atoms with van der Waals surface area (Å²) in [6.07, 6.45) is 0.619. The molecule has 2 aromatic rings. The van der Waals surface area contributed by atoms with Crippen LogP contribution in [0.15, 0.2) is 36.4 Å². The number of hydrogen-bond donors (Lipinski definition) is 1. The van der Waals surface area contributed by atoms with E-state index in [0.717, 1.165) is 11.1 Å². The van der Waals surface area contributed by atoms with E-state index < -0.39 is 0 Å². The molecule has 0 atom stereocenters. The molecule has 0 saturated heterocycles. The SMILES string of the molecule is Cc1cc(Cl)ccc1Oc1cc(F)cc(CCN)c1. The second-order valence-corrected chi connectivity index (χ2v) is 4.78. The van der Waals surface area contributed by atoms with Gasteiger partial charge in [0.25, 0.3) is 0 Å². The third-order valence-corrected chi connectivity index (χ3v) is 2.96. The molecule has 0 aliphatic rings. The molecule has 2 rings (SSSR count). The molecule has 0 aliphatic heterocycles. The maximum atomic E-state index is 13.5. The molecule has 0 fully saturated rings. The predicted octanol–water partition coefficient (Wildman–Crippen LogP) is 4.08. The van der Waals surface area contributed by atoms with Crippen molar-refractivity contribution in [2.45, 2.75) is 13.3 Å². The number of rotatable bonds is 4. The summed E-state index contributed by atoms with van der Waals surface area (Å²) in [5, 5.41) is 0.646. The molecule has 0 saturated carbocycles. The van der Waals surface area contributed by atoms with Gasteiger partial charge < -0.3 is 10.5 Å². The van der Waals surface area contributed by atoms with E-state index in [4.69, 9.17) is 22.1 Å². The first kappa shape index (κ1) is 13.8. The van der Waals surface area contributed by atoms with Crippen molar-refractivity contribution >= 4 is 11.6 Å². The lowest BCUT2D eigenvalue weighted by molar-refractivity contribution is 0.472. The molecule has 0 amide bonds. The Morgan fingerprint density at radius 3 is 2.68 bits per heavy atom. The lowest BCUT2D eigenvalue weighted by atomic mass is 10.1. The summed E-state index contributed by atoms with van der Waals surface area (Å²) in [5.74, 6) is 0.801. The van der Waals surface area contributed by atoms with E-state index in [1.165, 1.54) is 12.1 Å². The highest BCUT2D eigenvalue weighted by Crippen LogP contribution is 2.28. The molecular weight excluding hydrogens is 265 g/mol. The van der Waals surface area contributed by atoms with E-state index in [9.17, 15) is 4.39 Å². The van der Waals surface area contributed by atoms with Crippen LogP contribution in [0.5, 0.6) is 11.5 Å². The number of ether oxygens (including phenoxy) is 1. The number of nitrogens with two attached hydrogens (primary N) is 1. The molecule has 0 aromatic heterocycles. The zero-order chi connectivity index (χ0) is 13.8. The van der Waals surface area contributed by atoms with Crippen molar-refractivity contribution < 1.29 is 9.13 Å². The van der Waals surface area contributed by atoms with Crippen molar-refractivity contribution in [1.82, 2.24) is 0 Å². The van der Waals surface area contributed by atoms with Crippen LogP contribution in [0.4, 0.5) is 4.39 Å². The van der Waals surface area contributed by atoms with Crippen molar-refractivity contribution in [3.8, 4) is 11.5 Å². The van der Waals surface area contributed by atoms with Gasteiger partial charge in [-0.25, -0.2) is 4.39 Å². The minimum absolute atomic E-state index is 0.326. The number of aryl methyl sites for hydroxylation is 1. The van der Waals surface area contributed by atoms with E-state index in [2.05, 4.69) is 0 Å². The molecule has 2 aromatic carbocycles. The van der Waals surface area contributed by atoms with Crippen molar-refractivity contribution in [3.05, 3.63) is 58.4 Å². The molecule has 0 heterocycles. The Bertz CT molecular complexity index is 586. The molecule has 0 unspecified atom stereocenters. The molecule has 2 nitrogen and oxygen atoms in total. The van der Waals surface area contributed by atoms with Gasteiger partial charge in [0, 0.05) is 11.1 Å². The third-order valence-electron chi connectivity index (χ3n) is 2.73. The van der Waals surface area contributed by atoms with Crippen LogP contribution in [-0.2, 0) is 6.42 Å². The second kappa shape index (κ2) is 6.04. The first-order valence-electron chi connectivity index (χ1n) is 6.02. The third kappa shape index (κ3) is 3.69.